The second-order valence-electron chi connectivity index (χ2n) is 3.75. The summed E-state index contributed by atoms with van der Waals surface area (Å²) in [4.78, 5) is 45.1. The van der Waals surface area contributed by atoms with E-state index >= 15 is 0 Å². The lowest BCUT2D eigenvalue weighted by Gasteiger charge is -2.22. The molecule has 9 heteroatoms. The number of halogens is 2. The van der Waals surface area contributed by atoms with Crippen LogP contribution in [0.3, 0.4) is 0 Å². The quantitative estimate of drug-likeness (QED) is 0.700. The van der Waals surface area contributed by atoms with E-state index in [2.05, 4.69) is 0 Å². The summed E-state index contributed by atoms with van der Waals surface area (Å²) < 4.78 is 0. The number of carbonyl (C=O) groups excluding carboxylic acids is 2. The highest BCUT2D eigenvalue weighted by molar-refractivity contribution is 6.58. The average Bonchev–Trinajstić information content (AvgIpc) is 2.50. The number of hydrogen-bond acceptors (Lipinski definition) is 4. The summed E-state index contributed by atoms with van der Waals surface area (Å²) in [5.41, 5.74) is 0. The molecule has 1 atom stereocenters. The normalized spacial score (nSPS) is 17.1. The largest absolute Gasteiger partial charge is 0.481 e. The van der Waals surface area contributed by atoms with E-state index < -0.39 is 39.9 Å². The van der Waals surface area contributed by atoms with Crippen LogP contribution in [0.1, 0.15) is 19.3 Å². The van der Waals surface area contributed by atoms with Gasteiger partial charge >= 0.3 is 11.9 Å². The molecule has 2 N–H and O–H groups in total. The highest BCUT2D eigenvalue weighted by Crippen LogP contribution is 2.29. The number of hydrogen-bond donors (Lipinski definition) is 2. The van der Waals surface area contributed by atoms with E-state index in [4.69, 9.17) is 33.4 Å². The maximum absolute atomic E-state index is 11.6. The fourth-order valence-corrected chi connectivity index (χ4v) is 1.93. The third-order valence-corrected chi connectivity index (χ3v) is 3.27. The Kier molecular flexibility index (Phi) is 4.90. The first-order valence-corrected chi connectivity index (χ1v) is 5.90. The third kappa shape index (κ3) is 3.24. The third-order valence-electron chi connectivity index (χ3n) is 2.47. The Hall–Kier alpha value is -1.60. The topological polar surface area (TPSA) is 112 Å². The monoisotopic (exact) mass is 309 g/mol. The number of amides is 2. The molecule has 0 spiro atoms. The summed E-state index contributed by atoms with van der Waals surface area (Å²) in [6.07, 6.45) is -0.457. The van der Waals surface area contributed by atoms with Gasteiger partial charge in [-0.1, -0.05) is 23.2 Å². The molecule has 0 aromatic rings. The van der Waals surface area contributed by atoms with Crippen LogP contribution in [0.25, 0.3) is 0 Å². The van der Waals surface area contributed by atoms with Gasteiger partial charge in [-0.15, -0.1) is 0 Å². The van der Waals surface area contributed by atoms with Crippen molar-refractivity contribution in [1.82, 2.24) is 4.90 Å². The molecule has 7 nitrogen and oxygen atoms in total. The van der Waals surface area contributed by atoms with Gasteiger partial charge in [0.2, 0.25) is 0 Å². The molecule has 1 aliphatic heterocycles. The van der Waals surface area contributed by atoms with Crippen LogP contribution in [0, 0.1) is 0 Å². The Labute approximate surface area is 117 Å². The van der Waals surface area contributed by atoms with Gasteiger partial charge in [-0.25, -0.2) is 4.79 Å². The molecular formula is C10H9Cl2NO6. The summed E-state index contributed by atoms with van der Waals surface area (Å²) in [5.74, 6) is -4.50. The lowest BCUT2D eigenvalue weighted by atomic mass is 10.1. The molecule has 2 amide bonds. The van der Waals surface area contributed by atoms with Gasteiger partial charge in [-0.05, 0) is 12.8 Å². The Balaban J connectivity index is 2.85. The summed E-state index contributed by atoms with van der Waals surface area (Å²) in [5, 5.41) is 16.4. The lowest BCUT2D eigenvalue weighted by Crippen LogP contribution is -2.45. The Morgan fingerprint density at radius 1 is 1.11 bits per heavy atom. The van der Waals surface area contributed by atoms with Gasteiger partial charge in [0, 0.05) is 6.42 Å². The van der Waals surface area contributed by atoms with Gasteiger partial charge in [0.05, 0.1) is 0 Å². The van der Waals surface area contributed by atoms with Crippen molar-refractivity contribution < 1.29 is 29.4 Å². The molecule has 19 heavy (non-hydrogen) atoms. The highest BCUT2D eigenvalue weighted by Gasteiger charge is 2.43. The SMILES string of the molecule is O=C(O)CCCC(C(=O)O)N1C(=O)C(Cl)=C(Cl)C1=O. The van der Waals surface area contributed by atoms with Gasteiger partial charge < -0.3 is 10.2 Å². The minimum absolute atomic E-state index is 0.00139. The van der Waals surface area contributed by atoms with Crippen LogP contribution in [-0.2, 0) is 19.2 Å². The Bertz CT molecular complexity index is 462. The maximum atomic E-state index is 11.6. The second kappa shape index (κ2) is 6.03. The van der Waals surface area contributed by atoms with E-state index in [-0.39, 0.29) is 19.3 Å². The highest BCUT2D eigenvalue weighted by atomic mass is 35.5. The minimum atomic E-state index is -1.48. The standard InChI is InChI=1S/C10H9Cl2NO6/c11-6-7(12)9(17)13(8(6)16)4(10(18)19)2-1-3-5(14)15/h4H,1-3H2,(H,14,15)(H,18,19). The van der Waals surface area contributed by atoms with E-state index in [0.717, 1.165) is 0 Å². The fourth-order valence-electron chi connectivity index (χ4n) is 1.58. The van der Waals surface area contributed by atoms with Gasteiger partial charge in [-0.2, -0.15) is 0 Å². The summed E-state index contributed by atoms with van der Waals surface area (Å²) in [6.45, 7) is 0. The van der Waals surface area contributed by atoms with E-state index in [0.29, 0.717) is 4.90 Å². The van der Waals surface area contributed by atoms with Gasteiger partial charge in [0.1, 0.15) is 16.1 Å². The van der Waals surface area contributed by atoms with Crippen LogP contribution < -0.4 is 0 Å². The molecule has 0 radical (unpaired) electrons. The van der Waals surface area contributed by atoms with Crippen molar-refractivity contribution in [3.05, 3.63) is 10.1 Å². The van der Waals surface area contributed by atoms with Gasteiger partial charge in [0.25, 0.3) is 11.8 Å². The molecule has 1 aliphatic rings. The lowest BCUT2D eigenvalue weighted by molar-refractivity contribution is -0.153. The van der Waals surface area contributed by atoms with E-state index in [1.54, 1.807) is 0 Å². The molecule has 1 heterocycles. The first-order chi connectivity index (χ1) is 8.77. The molecule has 0 aliphatic carbocycles. The van der Waals surface area contributed by atoms with Crippen LogP contribution in [0.4, 0.5) is 0 Å². The Morgan fingerprint density at radius 3 is 1.95 bits per heavy atom. The number of carboxylic acids is 2. The Morgan fingerprint density at radius 2 is 1.58 bits per heavy atom. The average molecular weight is 310 g/mol. The number of aliphatic carboxylic acids is 2. The van der Waals surface area contributed by atoms with Crippen LogP contribution in [-0.4, -0.2) is 44.9 Å². The first kappa shape index (κ1) is 15.5. The number of imide groups is 1. The molecular weight excluding hydrogens is 301 g/mol. The molecule has 1 unspecified atom stereocenters. The number of carboxylic acid groups (broad SMARTS) is 2. The first-order valence-electron chi connectivity index (χ1n) is 5.15. The summed E-state index contributed by atoms with van der Waals surface area (Å²) in [7, 11) is 0. The predicted octanol–water partition coefficient (Wildman–Crippen LogP) is 0.752. The zero-order chi connectivity index (χ0) is 14.7. The van der Waals surface area contributed by atoms with Gasteiger partial charge in [0.15, 0.2) is 0 Å². The molecule has 1 rings (SSSR count). The van der Waals surface area contributed by atoms with E-state index in [9.17, 15) is 19.2 Å². The molecule has 0 saturated heterocycles. The van der Waals surface area contributed by atoms with Crippen LogP contribution in [0.15, 0.2) is 10.1 Å². The predicted molar refractivity (Wildman–Crippen MR) is 63.5 cm³/mol. The van der Waals surface area contributed by atoms with Crippen LogP contribution in [0.5, 0.6) is 0 Å². The van der Waals surface area contributed by atoms with E-state index in [1.807, 2.05) is 0 Å². The molecule has 0 aromatic carbocycles. The van der Waals surface area contributed by atoms with E-state index in [1.165, 1.54) is 0 Å². The van der Waals surface area contributed by atoms with Gasteiger partial charge in [-0.3, -0.25) is 19.3 Å². The van der Waals surface area contributed by atoms with Crippen molar-refractivity contribution in [2.75, 3.05) is 0 Å². The number of rotatable bonds is 6. The molecule has 0 saturated carbocycles. The fraction of sp³-hybridized carbons (Fsp3) is 0.400. The summed E-state index contributed by atoms with van der Waals surface area (Å²) in [6, 6.07) is -1.48. The molecule has 104 valence electrons. The zero-order valence-corrected chi connectivity index (χ0v) is 10.9. The maximum Gasteiger partial charge on any atom is 0.326 e. The van der Waals surface area contributed by atoms with Crippen LogP contribution >= 0.6 is 23.2 Å². The number of nitrogens with zero attached hydrogens (tertiary/aromatic N) is 1. The van der Waals surface area contributed by atoms with Crippen molar-refractivity contribution in [2.45, 2.75) is 25.3 Å². The number of carbonyl (C=O) groups is 4. The molecule has 0 fully saturated rings. The van der Waals surface area contributed by atoms with Crippen molar-refractivity contribution in [1.29, 1.82) is 0 Å². The zero-order valence-electron chi connectivity index (χ0n) is 9.43. The van der Waals surface area contributed by atoms with Crippen molar-refractivity contribution in [3.8, 4) is 0 Å². The smallest absolute Gasteiger partial charge is 0.326 e. The molecule has 0 aromatic heterocycles. The molecule has 0 bridgehead atoms. The van der Waals surface area contributed by atoms with Crippen molar-refractivity contribution >= 4 is 47.0 Å². The second-order valence-corrected chi connectivity index (χ2v) is 4.50. The summed E-state index contributed by atoms with van der Waals surface area (Å²) >= 11 is 11.0. The van der Waals surface area contributed by atoms with Crippen LogP contribution in [0.2, 0.25) is 0 Å². The minimum Gasteiger partial charge on any atom is -0.481 e. The van der Waals surface area contributed by atoms with Crippen molar-refractivity contribution in [3.63, 3.8) is 0 Å². The van der Waals surface area contributed by atoms with Crippen molar-refractivity contribution in [2.24, 2.45) is 0 Å².